The number of ether oxygens (including phenoxy) is 2. The average molecular weight is 380 g/mol. The second-order valence-corrected chi connectivity index (χ2v) is 7.07. The number of carbonyl (C=O) groups excluding carboxylic acids is 1. The van der Waals surface area contributed by atoms with Crippen LogP contribution in [0, 0.1) is 10.1 Å². The number of nitro benzene ring substituents is 1. The molecule has 1 aliphatic heterocycles. The molecule has 1 N–H and O–H groups in total. The summed E-state index contributed by atoms with van der Waals surface area (Å²) in [6.45, 7) is 0.575. The summed E-state index contributed by atoms with van der Waals surface area (Å²) in [5.41, 5.74) is 1.38. The highest BCUT2D eigenvalue weighted by Crippen LogP contribution is 2.43. The van der Waals surface area contributed by atoms with Gasteiger partial charge >= 0.3 is 0 Å². The smallest absolute Gasteiger partial charge is 0.280 e. The molecule has 1 heterocycles. The molecule has 0 spiro atoms. The lowest BCUT2D eigenvalue weighted by atomic mass is 9.64. The van der Waals surface area contributed by atoms with E-state index in [9.17, 15) is 14.9 Å². The summed E-state index contributed by atoms with van der Waals surface area (Å²) in [5.74, 6) is 0.486. The fourth-order valence-corrected chi connectivity index (χ4v) is 3.68. The first-order valence-electron chi connectivity index (χ1n) is 9.17. The fraction of sp³-hybridized carbons (Fsp3) is 0.286. The van der Waals surface area contributed by atoms with Crippen molar-refractivity contribution in [3.63, 3.8) is 0 Å². The molecule has 1 fully saturated rings. The molecule has 0 radical (unpaired) electrons. The topological polar surface area (TPSA) is 90.7 Å². The highest BCUT2D eigenvalue weighted by molar-refractivity contribution is 5.92. The molecule has 7 nitrogen and oxygen atoms in total. The van der Waals surface area contributed by atoms with Crippen LogP contribution in [0.1, 0.15) is 30.4 Å². The van der Waals surface area contributed by atoms with Crippen molar-refractivity contribution >= 4 is 17.7 Å². The number of nitro groups is 1. The molecule has 2 aliphatic rings. The average Bonchev–Trinajstić information content (AvgIpc) is 3.13. The van der Waals surface area contributed by atoms with E-state index in [1.54, 1.807) is 0 Å². The van der Waals surface area contributed by atoms with Gasteiger partial charge in [-0.15, -0.1) is 0 Å². The van der Waals surface area contributed by atoms with Gasteiger partial charge < -0.3 is 14.8 Å². The van der Waals surface area contributed by atoms with Gasteiger partial charge in [0.25, 0.3) is 5.69 Å². The van der Waals surface area contributed by atoms with Crippen LogP contribution >= 0.6 is 0 Å². The monoisotopic (exact) mass is 380 g/mol. The Morgan fingerprint density at radius 2 is 1.89 bits per heavy atom. The molecular formula is C21H20N2O5. The first-order valence-corrected chi connectivity index (χ1v) is 9.17. The maximum atomic E-state index is 12.3. The maximum Gasteiger partial charge on any atom is 0.280 e. The molecule has 0 atom stereocenters. The van der Waals surface area contributed by atoms with E-state index >= 15 is 0 Å². The Labute approximate surface area is 162 Å². The summed E-state index contributed by atoms with van der Waals surface area (Å²) >= 11 is 0. The number of amides is 1. The molecule has 0 aromatic heterocycles. The van der Waals surface area contributed by atoms with Crippen molar-refractivity contribution < 1.29 is 19.2 Å². The number of hydrogen-bond acceptors (Lipinski definition) is 5. The minimum Gasteiger partial charge on any atom is -0.454 e. The molecule has 0 saturated heterocycles. The van der Waals surface area contributed by atoms with Crippen LogP contribution in [-0.2, 0) is 10.2 Å². The zero-order chi connectivity index (χ0) is 19.6. The van der Waals surface area contributed by atoms with Crippen molar-refractivity contribution in [2.45, 2.75) is 24.7 Å². The number of nitrogens with one attached hydrogen (secondary N) is 1. The summed E-state index contributed by atoms with van der Waals surface area (Å²) in [4.78, 5) is 23.1. The number of fused-ring (bicyclic) bond motifs is 1. The molecule has 144 valence electrons. The van der Waals surface area contributed by atoms with Crippen molar-refractivity contribution in [1.29, 1.82) is 0 Å². The fourth-order valence-electron chi connectivity index (χ4n) is 3.68. The van der Waals surface area contributed by atoms with Gasteiger partial charge in [0.05, 0.1) is 16.6 Å². The molecule has 2 aromatic rings. The van der Waals surface area contributed by atoms with Crippen molar-refractivity contribution in [3.8, 4) is 11.5 Å². The quantitative estimate of drug-likeness (QED) is 0.470. The third-order valence-electron chi connectivity index (χ3n) is 5.43. The Morgan fingerprint density at radius 3 is 2.54 bits per heavy atom. The summed E-state index contributed by atoms with van der Waals surface area (Å²) in [7, 11) is 0. The predicted molar refractivity (Wildman–Crippen MR) is 103 cm³/mol. The lowest BCUT2D eigenvalue weighted by Gasteiger charge is -2.42. The van der Waals surface area contributed by atoms with Crippen LogP contribution in [0.5, 0.6) is 11.5 Å². The van der Waals surface area contributed by atoms with Gasteiger partial charge in [-0.1, -0.05) is 36.8 Å². The number of hydrogen-bond donors (Lipinski definition) is 1. The van der Waals surface area contributed by atoms with Crippen LogP contribution in [0.25, 0.3) is 6.08 Å². The Hall–Kier alpha value is -3.35. The largest absolute Gasteiger partial charge is 0.454 e. The van der Waals surface area contributed by atoms with Gasteiger partial charge in [0.2, 0.25) is 12.7 Å². The van der Waals surface area contributed by atoms with E-state index in [1.807, 2.05) is 18.2 Å². The first kappa shape index (κ1) is 18.0. The molecule has 0 bridgehead atoms. The van der Waals surface area contributed by atoms with Crippen LogP contribution in [0.3, 0.4) is 0 Å². The Kier molecular flexibility index (Phi) is 4.73. The maximum absolute atomic E-state index is 12.3. The molecular weight excluding hydrogens is 360 g/mol. The van der Waals surface area contributed by atoms with Crippen LogP contribution in [0.4, 0.5) is 5.69 Å². The van der Waals surface area contributed by atoms with Crippen LogP contribution in [-0.4, -0.2) is 24.2 Å². The first-order chi connectivity index (χ1) is 13.6. The molecule has 28 heavy (non-hydrogen) atoms. The lowest BCUT2D eigenvalue weighted by molar-refractivity contribution is -0.385. The van der Waals surface area contributed by atoms with Crippen molar-refractivity contribution in [2.75, 3.05) is 13.3 Å². The standard InChI is InChI=1S/C21H20N2O5/c24-20(22-13-21(9-4-10-21)16-5-2-1-3-6-16)8-7-15-11-18-19(28-14-27-18)12-17(15)23(25)26/h1-3,5-8,11-12H,4,9-10,13-14H2,(H,22,24)/b8-7+. The summed E-state index contributed by atoms with van der Waals surface area (Å²) in [6, 6.07) is 13.0. The number of carbonyl (C=O) groups is 1. The van der Waals surface area contributed by atoms with Gasteiger partial charge in [-0.05, 0) is 30.5 Å². The third-order valence-corrected chi connectivity index (χ3v) is 5.43. The van der Waals surface area contributed by atoms with Gasteiger partial charge in [0.15, 0.2) is 11.5 Å². The minimum atomic E-state index is -0.502. The molecule has 1 amide bonds. The zero-order valence-corrected chi connectivity index (χ0v) is 15.2. The van der Waals surface area contributed by atoms with Crippen molar-refractivity contribution in [2.24, 2.45) is 0 Å². The van der Waals surface area contributed by atoms with Gasteiger partial charge in [-0.25, -0.2) is 0 Å². The van der Waals surface area contributed by atoms with E-state index in [0.717, 1.165) is 19.3 Å². The molecule has 4 rings (SSSR count). The second-order valence-electron chi connectivity index (χ2n) is 7.07. The van der Waals surface area contributed by atoms with E-state index in [0.29, 0.717) is 23.6 Å². The molecule has 1 aliphatic carbocycles. The van der Waals surface area contributed by atoms with Gasteiger partial charge in [-0.2, -0.15) is 0 Å². The SMILES string of the molecule is O=C(/C=C/c1cc2c(cc1[N+](=O)[O-])OCO2)NCC1(c2ccccc2)CCC1. The van der Waals surface area contributed by atoms with E-state index in [4.69, 9.17) is 9.47 Å². The molecule has 2 aromatic carbocycles. The molecule has 7 heteroatoms. The number of benzene rings is 2. The van der Waals surface area contributed by atoms with E-state index in [2.05, 4.69) is 17.4 Å². The number of nitrogens with zero attached hydrogens (tertiary/aromatic N) is 1. The third kappa shape index (κ3) is 3.43. The van der Waals surface area contributed by atoms with Crippen molar-refractivity contribution in [3.05, 3.63) is 69.8 Å². The van der Waals surface area contributed by atoms with Crippen LogP contribution in [0.15, 0.2) is 48.5 Å². The Morgan fingerprint density at radius 1 is 1.18 bits per heavy atom. The summed E-state index contributed by atoms with van der Waals surface area (Å²) in [5, 5.41) is 14.2. The lowest BCUT2D eigenvalue weighted by Crippen LogP contribution is -2.45. The highest BCUT2D eigenvalue weighted by Gasteiger charge is 2.38. The van der Waals surface area contributed by atoms with Gasteiger partial charge in [0.1, 0.15) is 0 Å². The Balaban J connectivity index is 1.46. The van der Waals surface area contributed by atoms with E-state index in [1.165, 1.54) is 29.8 Å². The van der Waals surface area contributed by atoms with Crippen molar-refractivity contribution in [1.82, 2.24) is 5.32 Å². The van der Waals surface area contributed by atoms with Crippen LogP contribution < -0.4 is 14.8 Å². The van der Waals surface area contributed by atoms with E-state index in [-0.39, 0.29) is 23.8 Å². The summed E-state index contributed by atoms with van der Waals surface area (Å²) in [6.07, 6.45) is 5.97. The Bertz CT molecular complexity index is 935. The van der Waals surface area contributed by atoms with Crippen LogP contribution in [0.2, 0.25) is 0 Å². The second kappa shape index (κ2) is 7.34. The van der Waals surface area contributed by atoms with Gasteiger partial charge in [0, 0.05) is 18.0 Å². The zero-order valence-electron chi connectivity index (χ0n) is 15.2. The molecule has 1 saturated carbocycles. The normalized spacial score (nSPS) is 16.6. The molecule has 0 unspecified atom stereocenters. The number of rotatable bonds is 6. The van der Waals surface area contributed by atoms with E-state index < -0.39 is 4.92 Å². The minimum absolute atomic E-state index is 0.0183. The predicted octanol–water partition coefficient (Wildman–Crippen LogP) is 3.57. The summed E-state index contributed by atoms with van der Waals surface area (Å²) < 4.78 is 10.4. The highest BCUT2D eigenvalue weighted by atomic mass is 16.7. The van der Waals surface area contributed by atoms with Gasteiger partial charge in [-0.3, -0.25) is 14.9 Å².